The van der Waals surface area contributed by atoms with E-state index < -0.39 is 0 Å². The number of aliphatic hydroxyl groups excluding tert-OH is 1. The number of hydroxylamine groups is 2. The van der Waals surface area contributed by atoms with E-state index in [2.05, 4.69) is 31.1 Å². The van der Waals surface area contributed by atoms with Crippen molar-refractivity contribution in [3.63, 3.8) is 0 Å². The van der Waals surface area contributed by atoms with E-state index in [4.69, 9.17) is 10.7 Å². The first kappa shape index (κ1) is 16.9. The molecule has 1 aliphatic heterocycles. The molecule has 0 aliphatic carbocycles. The molecule has 2 unspecified atom stereocenters. The summed E-state index contributed by atoms with van der Waals surface area (Å²) in [6, 6.07) is 10.2. The molecule has 5 heteroatoms. The molecular weight excluding hydrogens is 278 g/mol. The molecule has 122 valence electrons. The summed E-state index contributed by atoms with van der Waals surface area (Å²) in [4.78, 5) is 6.07. The highest BCUT2D eigenvalue weighted by Gasteiger charge is 2.46. The molecule has 0 saturated carbocycles. The van der Waals surface area contributed by atoms with E-state index >= 15 is 0 Å². The third kappa shape index (κ3) is 4.06. The molecule has 1 aliphatic rings. The Morgan fingerprint density at radius 3 is 2.77 bits per heavy atom. The molecule has 0 amide bonds. The van der Waals surface area contributed by atoms with Gasteiger partial charge in [-0.1, -0.05) is 44.2 Å². The molecule has 1 heterocycles. The minimum absolute atomic E-state index is 0.126. The highest BCUT2D eigenvalue weighted by atomic mass is 16.7. The van der Waals surface area contributed by atoms with Gasteiger partial charge in [-0.2, -0.15) is 10.2 Å². The SMILES string of the molecule is CC(C)CC1(CCO)CC(C=NN)ON1Cc1ccccc1. The van der Waals surface area contributed by atoms with E-state index in [0.29, 0.717) is 18.9 Å². The van der Waals surface area contributed by atoms with Gasteiger partial charge >= 0.3 is 0 Å². The minimum Gasteiger partial charge on any atom is -0.396 e. The number of benzene rings is 1. The molecule has 0 spiro atoms. The fourth-order valence-electron chi connectivity index (χ4n) is 3.40. The van der Waals surface area contributed by atoms with Gasteiger partial charge in [-0.05, 0) is 24.3 Å². The van der Waals surface area contributed by atoms with Crippen LogP contribution in [0.1, 0.15) is 38.7 Å². The lowest BCUT2D eigenvalue weighted by atomic mass is 9.82. The molecule has 1 saturated heterocycles. The van der Waals surface area contributed by atoms with Crippen LogP contribution < -0.4 is 5.84 Å². The molecule has 5 nitrogen and oxygen atoms in total. The van der Waals surface area contributed by atoms with Crippen molar-refractivity contribution in [1.82, 2.24) is 5.06 Å². The molecule has 2 rings (SSSR count). The third-order valence-electron chi connectivity index (χ3n) is 4.16. The highest BCUT2D eigenvalue weighted by molar-refractivity contribution is 5.63. The lowest BCUT2D eigenvalue weighted by Gasteiger charge is -2.37. The Hall–Kier alpha value is -1.43. The van der Waals surface area contributed by atoms with Crippen LogP contribution in [0.15, 0.2) is 35.4 Å². The lowest BCUT2D eigenvalue weighted by Crippen LogP contribution is -2.44. The average molecular weight is 305 g/mol. The summed E-state index contributed by atoms with van der Waals surface area (Å²) in [5.41, 5.74) is 1.02. The minimum atomic E-state index is -0.176. The standard InChI is InChI=1S/C17H27N3O2/c1-14(2)10-17(8-9-21)11-16(12-19-18)22-20(17)13-15-6-4-3-5-7-15/h3-7,12,14,16,21H,8-11,13,18H2,1-2H3. The Morgan fingerprint density at radius 2 is 2.18 bits per heavy atom. The number of aliphatic hydroxyl groups is 1. The molecule has 0 bridgehead atoms. The van der Waals surface area contributed by atoms with Crippen LogP contribution in [0.4, 0.5) is 0 Å². The zero-order valence-electron chi connectivity index (χ0n) is 13.5. The second-order valence-corrected chi connectivity index (χ2v) is 6.46. The number of nitrogens with zero attached hydrogens (tertiary/aromatic N) is 2. The van der Waals surface area contributed by atoms with E-state index in [-0.39, 0.29) is 18.2 Å². The Balaban J connectivity index is 2.23. The summed E-state index contributed by atoms with van der Waals surface area (Å²) in [6.45, 7) is 5.24. The quantitative estimate of drug-likeness (QED) is 0.461. The number of rotatable bonds is 7. The van der Waals surface area contributed by atoms with Crippen molar-refractivity contribution < 1.29 is 9.94 Å². The van der Waals surface area contributed by atoms with E-state index in [0.717, 1.165) is 12.8 Å². The van der Waals surface area contributed by atoms with Crippen LogP contribution in [0.3, 0.4) is 0 Å². The first-order valence-corrected chi connectivity index (χ1v) is 7.92. The van der Waals surface area contributed by atoms with Crippen molar-refractivity contribution >= 4 is 6.21 Å². The summed E-state index contributed by atoms with van der Waals surface area (Å²) in [5, 5.41) is 15.2. The zero-order valence-corrected chi connectivity index (χ0v) is 13.5. The third-order valence-corrected chi connectivity index (χ3v) is 4.16. The maximum absolute atomic E-state index is 9.56. The van der Waals surface area contributed by atoms with E-state index in [9.17, 15) is 5.11 Å². The Labute approximate surface area is 132 Å². The van der Waals surface area contributed by atoms with Crippen molar-refractivity contribution in [3.05, 3.63) is 35.9 Å². The van der Waals surface area contributed by atoms with Gasteiger partial charge in [0.2, 0.25) is 0 Å². The Kier molecular flexibility index (Phi) is 5.94. The Bertz CT molecular complexity index is 478. The van der Waals surface area contributed by atoms with Crippen molar-refractivity contribution in [2.75, 3.05) is 6.61 Å². The van der Waals surface area contributed by atoms with Gasteiger partial charge in [-0.15, -0.1) is 0 Å². The van der Waals surface area contributed by atoms with Crippen LogP contribution in [0.25, 0.3) is 0 Å². The van der Waals surface area contributed by atoms with Crippen LogP contribution in [0.5, 0.6) is 0 Å². The van der Waals surface area contributed by atoms with Gasteiger partial charge in [0.25, 0.3) is 0 Å². The van der Waals surface area contributed by atoms with E-state index in [1.165, 1.54) is 5.56 Å². The number of hydrogen-bond acceptors (Lipinski definition) is 5. The van der Waals surface area contributed by atoms with Gasteiger partial charge in [0.15, 0.2) is 0 Å². The molecule has 0 radical (unpaired) electrons. The van der Waals surface area contributed by atoms with Crippen molar-refractivity contribution in [2.24, 2.45) is 16.9 Å². The topological polar surface area (TPSA) is 71.1 Å². The first-order valence-electron chi connectivity index (χ1n) is 7.92. The molecule has 1 aromatic carbocycles. The van der Waals surface area contributed by atoms with Gasteiger partial charge in [0.1, 0.15) is 6.10 Å². The van der Waals surface area contributed by atoms with Crippen molar-refractivity contribution in [3.8, 4) is 0 Å². The summed E-state index contributed by atoms with van der Waals surface area (Å²) >= 11 is 0. The summed E-state index contributed by atoms with van der Waals surface area (Å²) in [5.74, 6) is 5.81. The largest absolute Gasteiger partial charge is 0.396 e. The van der Waals surface area contributed by atoms with Crippen molar-refractivity contribution in [1.29, 1.82) is 0 Å². The van der Waals surface area contributed by atoms with E-state index in [1.54, 1.807) is 6.21 Å². The second-order valence-electron chi connectivity index (χ2n) is 6.46. The highest BCUT2D eigenvalue weighted by Crippen LogP contribution is 2.40. The summed E-state index contributed by atoms with van der Waals surface area (Å²) in [7, 11) is 0. The average Bonchev–Trinajstić information content (AvgIpc) is 2.77. The maximum Gasteiger partial charge on any atom is 0.118 e. The van der Waals surface area contributed by atoms with Gasteiger partial charge in [-0.3, -0.25) is 4.84 Å². The predicted octanol–water partition coefficient (Wildman–Crippen LogP) is 2.30. The van der Waals surface area contributed by atoms with E-state index in [1.807, 2.05) is 23.3 Å². The maximum atomic E-state index is 9.56. The van der Waals surface area contributed by atoms with Gasteiger partial charge in [-0.25, -0.2) is 0 Å². The molecule has 3 N–H and O–H groups in total. The van der Waals surface area contributed by atoms with Crippen LogP contribution >= 0.6 is 0 Å². The molecule has 1 fully saturated rings. The monoisotopic (exact) mass is 305 g/mol. The molecule has 1 aromatic rings. The van der Waals surface area contributed by atoms with Crippen LogP contribution in [-0.4, -0.2) is 34.6 Å². The normalized spacial score (nSPS) is 26.3. The smallest absolute Gasteiger partial charge is 0.118 e. The molecular formula is C17H27N3O2. The fourth-order valence-corrected chi connectivity index (χ4v) is 3.40. The first-order chi connectivity index (χ1) is 10.6. The predicted molar refractivity (Wildman–Crippen MR) is 88.0 cm³/mol. The Morgan fingerprint density at radius 1 is 1.45 bits per heavy atom. The van der Waals surface area contributed by atoms with Crippen LogP contribution in [0, 0.1) is 5.92 Å². The molecule has 22 heavy (non-hydrogen) atoms. The summed E-state index contributed by atoms with van der Waals surface area (Å²) in [6.07, 6.45) is 3.98. The zero-order chi connectivity index (χ0) is 16.0. The molecule has 0 aromatic heterocycles. The lowest BCUT2D eigenvalue weighted by molar-refractivity contribution is -0.189. The van der Waals surface area contributed by atoms with Crippen LogP contribution in [0.2, 0.25) is 0 Å². The van der Waals surface area contributed by atoms with Crippen molar-refractivity contribution in [2.45, 2.75) is 51.3 Å². The number of nitrogens with two attached hydrogens (primary N) is 1. The number of hydrazone groups is 1. The number of hydrogen-bond donors (Lipinski definition) is 2. The van der Waals surface area contributed by atoms with Crippen LogP contribution in [-0.2, 0) is 11.4 Å². The molecule has 2 atom stereocenters. The van der Waals surface area contributed by atoms with Gasteiger partial charge < -0.3 is 10.9 Å². The summed E-state index contributed by atoms with van der Waals surface area (Å²) < 4.78 is 0. The fraction of sp³-hybridized carbons (Fsp3) is 0.588. The second kappa shape index (κ2) is 7.72. The van der Waals surface area contributed by atoms with Gasteiger partial charge in [0, 0.05) is 19.6 Å². The van der Waals surface area contributed by atoms with Gasteiger partial charge in [0.05, 0.1) is 11.8 Å².